The number of aliphatic hydroxyl groups is 1. The molecule has 1 aromatic carbocycles. The summed E-state index contributed by atoms with van der Waals surface area (Å²) in [4.78, 5) is 0. The number of ether oxygens (including phenoxy) is 1. The van der Waals surface area contributed by atoms with Crippen LogP contribution in [0.4, 0.5) is 0 Å². The van der Waals surface area contributed by atoms with Crippen molar-refractivity contribution in [1.29, 1.82) is 5.26 Å². The Morgan fingerprint density at radius 3 is 2.50 bits per heavy atom. The molecule has 3 unspecified atom stereocenters. The van der Waals surface area contributed by atoms with E-state index in [4.69, 9.17) is 15.7 Å². The third-order valence-electron chi connectivity index (χ3n) is 2.87. The van der Waals surface area contributed by atoms with Gasteiger partial charge in [-0.2, -0.15) is 5.26 Å². The minimum atomic E-state index is -0.601. The van der Waals surface area contributed by atoms with Crippen molar-refractivity contribution in [3.05, 3.63) is 29.8 Å². The molecule has 0 radical (unpaired) electrons. The van der Waals surface area contributed by atoms with E-state index in [1.54, 1.807) is 24.3 Å². The molecule has 3 atom stereocenters. The van der Waals surface area contributed by atoms with Crippen LogP contribution in [0.3, 0.4) is 0 Å². The summed E-state index contributed by atoms with van der Waals surface area (Å²) in [6, 6.07) is 8.69. The standard InChI is InChI=1S/C12H14N2O2/c13-7-8-1-3-9(4-2-8)16-11-6-5-10(14)12(11)15/h1-4,10-12,15H,5-6,14H2. The molecule has 1 fully saturated rings. The molecule has 3 N–H and O–H groups in total. The molecule has 0 aromatic heterocycles. The Hall–Kier alpha value is -1.57. The van der Waals surface area contributed by atoms with Gasteiger partial charge in [-0.05, 0) is 37.1 Å². The highest BCUT2D eigenvalue weighted by Crippen LogP contribution is 2.24. The average molecular weight is 218 g/mol. The smallest absolute Gasteiger partial charge is 0.126 e. The Kier molecular flexibility index (Phi) is 3.09. The van der Waals surface area contributed by atoms with Crippen molar-refractivity contribution in [2.45, 2.75) is 31.1 Å². The molecule has 0 bridgehead atoms. The zero-order chi connectivity index (χ0) is 11.5. The molecule has 1 aliphatic rings. The molecule has 0 aliphatic heterocycles. The van der Waals surface area contributed by atoms with Crippen LogP contribution in [-0.2, 0) is 0 Å². The minimum absolute atomic E-state index is 0.191. The summed E-state index contributed by atoms with van der Waals surface area (Å²) in [6.07, 6.45) is 0.711. The lowest BCUT2D eigenvalue weighted by Crippen LogP contribution is -2.37. The highest BCUT2D eigenvalue weighted by atomic mass is 16.5. The third kappa shape index (κ3) is 2.16. The van der Waals surface area contributed by atoms with Gasteiger partial charge in [0.2, 0.25) is 0 Å². The zero-order valence-corrected chi connectivity index (χ0v) is 8.84. The molecular weight excluding hydrogens is 204 g/mol. The molecule has 4 nitrogen and oxygen atoms in total. The summed E-state index contributed by atoms with van der Waals surface area (Å²) in [5, 5.41) is 18.4. The first-order valence-corrected chi connectivity index (χ1v) is 5.31. The molecule has 1 saturated carbocycles. The summed E-state index contributed by atoms with van der Waals surface area (Å²) in [6.45, 7) is 0. The van der Waals surface area contributed by atoms with Crippen molar-refractivity contribution >= 4 is 0 Å². The highest BCUT2D eigenvalue weighted by molar-refractivity contribution is 5.34. The predicted molar refractivity (Wildman–Crippen MR) is 58.8 cm³/mol. The van der Waals surface area contributed by atoms with Gasteiger partial charge in [-0.1, -0.05) is 0 Å². The molecule has 4 heteroatoms. The van der Waals surface area contributed by atoms with Crippen LogP contribution in [0.15, 0.2) is 24.3 Å². The van der Waals surface area contributed by atoms with E-state index < -0.39 is 6.10 Å². The van der Waals surface area contributed by atoms with Crippen LogP contribution in [0, 0.1) is 11.3 Å². The molecular formula is C12H14N2O2. The van der Waals surface area contributed by atoms with Crippen LogP contribution in [0.1, 0.15) is 18.4 Å². The van der Waals surface area contributed by atoms with E-state index in [9.17, 15) is 5.11 Å². The van der Waals surface area contributed by atoms with Gasteiger partial charge in [0.15, 0.2) is 0 Å². The average Bonchev–Trinajstić information content (AvgIpc) is 2.62. The first kappa shape index (κ1) is 10.9. The minimum Gasteiger partial charge on any atom is -0.488 e. The lowest BCUT2D eigenvalue weighted by Gasteiger charge is -2.18. The summed E-state index contributed by atoms with van der Waals surface area (Å²) in [7, 11) is 0. The monoisotopic (exact) mass is 218 g/mol. The lowest BCUT2D eigenvalue weighted by atomic mass is 10.2. The highest BCUT2D eigenvalue weighted by Gasteiger charge is 2.33. The second-order valence-corrected chi connectivity index (χ2v) is 4.02. The molecule has 0 spiro atoms. The lowest BCUT2D eigenvalue weighted by molar-refractivity contribution is 0.0521. The maximum atomic E-state index is 9.72. The van der Waals surface area contributed by atoms with E-state index in [0.29, 0.717) is 11.3 Å². The molecule has 1 aliphatic carbocycles. The fraction of sp³-hybridized carbons (Fsp3) is 0.417. The molecule has 0 amide bonds. The van der Waals surface area contributed by atoms with Crippen LogP contribution < -0.4 is 10.5 Å². The van der Waals surface area contributed by atoms with E-state index in [-0.39, 0.29) is 12.1 Å². The Bertz CT molecular complexity index is 396. The number of nitrogens with zero attached hydrogens (tertiary/aromatic N) is 1. The van der Waals surface area contributed by atoms with Gasteiger partial charge in [-0.25, -0.2) is 0 Å². The number of nitrogens with two attached hydrogens (primary N) is 1. The molecule has 16 heavy (non-hydrogen) atoms. The first-order chi connectivity index (χ1) is 7.70. The van der Waals surface area contributed by atoms with Crippen molar-refractivity contribution < 1.29 is 9.84 Å². The molecule has 84 valence electrons. The normalized spacial score (nSPS) is 28.7. The number of hydrogen-bond acceptors (Lipinski definition) is 4. The van der Waals surface area contributed by atoms with Gasteiger partial charge in [-0.15, -0.1) is 0 Å². The number of aliphatic hydroxyl groups excluding tert-OH is 1. The van der Waals surface area contributed by atoms with Crippen molar-refractivity contribution in [3.63, 3.8) is 0 Å². The van der Waals surface area contributed by atoms with Crippen LogP contribution in [0.5, 0.6) is 5.75 Å². The van der Waals surface area contributed by atoms with Crippen LogP contribution in [-0.4, -0.2) is 23.4 Å². The van der Waals surface area contributed by atoms with Gasteiger partial charge >= 0.3 is 0 Å². The second kappa shape index (κ2) is 4.52. The van der Waals surface area contributed by atoms with Crippen LogP contribution in [0.2, 0.25) is 0 Å². The number of hydrogen-bond donors (Lipinski definition) is 2. The quantitative estimate of drug-likeness (QED) is 0.769. The van der Waals surface area contributed by atoms with Crippen molar-refractivity contribution in [2.75, 3.05) is 0 Å². The van der Waals surface area contributed by atoms with Gasteiger partial charge < -0.3 is 15.6 Å². The van der Waals surface area contributed by atoms with Gasteiger partial charge in [0.05, 0.1) is 11.6 Å². The van der Waals surface area contributed by atoms with E-state index in [0.717, 1.165) is 12.8 Å². The topological polar surface area (TPSA) is 79.3 Å². The zero-order valence-electron chi connectivity index (χ0n) is 8.84. The fourth-order valence-corrected chi connectivity index (χ4v) is 1.89. The van der Waals surface area contributed by atoms with E-state index in [1.807, 2.05) is 6.07 Å². The maximum Gasteiger partial charge on any atom is 0.126 e. The molecule has 2 rings (SSSR count). The van der Waals surface area contributed by atoms with Gasteiger partial charge in [0.1, 0.15) is 18.0 Å². The SMILES string of the molecule is N#Cc1ccc(OC2CCC(N)C2O)cc1. The van der Waals surface area contributed by atoms with E-state index in [2.05, 4.69) is 0 Å². The summed E-state index contributed by atoms with van der Waals surface area (Å²) < 4.78 is 5.62. The molecule has 0 saturated heterocycles. The van der Waals surface area contributed by atoms with Crippen molar-refractivity contribution in [2.24, 2.45) is 5.73 Å². The largest absolute Gasteiger partial charge is 0.488 e. The number of benzene rings is 1. The Morgan fingerprint density at radius 1 is 1.31 bits per heavy atom. The van der Waals surface area contributed by atoms with Crippen molar-refractivity contribution in [1.82, 2.24) is 0 Å². The molecule has 0 heterocycles. The summed E-state index contributed by atoms with van der Waals surface area (Å²) in [5.41, 5.74) is 6.29. The second-order valence-electron chi connectivity index (χ2n) is 4.02. The summed E-state index contributed by atoms with van der Waals surface area (Å²) in [5.74, 6) is 0.664. The van der Waals surface area contributed by atoms with Gasteiger partial charge in [-0.3, -0.25) is 0 Å². The van der Waals surface area contributed by atoms with Gasteiger partial charge in [0.25, 0.3) is 0 Å². The van der Waals surface area contributed by atoms with Crippen LogP contribution in [0.25, 0.3) is 0 Å². The predicted octanol–water partition coefficient (Wildman–Crippen LogP) is 0.788. The first-order valence-electron chi connectivity index (χ1n) is 5.31. The Morgan fingerprint density at radius 2 is 2.00 bits per heavy atom. The molecule has 1 aromatic rings. The Labute approximate surface area is 94.3 Å². The number of rotatable bonds is 2. The van der Waals surface area contributed by atoms with Crippen LogP contribution >= 0.6 is 0 Å². The van der Waals surface area contributed by atoms with E-state index in [1.165, 1.54) is 0 Å². The van der Waals surface area contributed by atoms with Crippen molar-refractivity contribution in [3.8, 4) is 11.8 Å². The Balaban J connectivity index is 2.02. The van der Waals surface area contributed by atoms with E-state index >= 15 is 0 Å². The van der Waals surface area contributed by atoms with Gasteiger partial charge in [0, 0.05) is 6.04 Å². The summed E-state index contributed by atoms with van der Waals surface area (Å²) >= 11 is 0. The third-order valence-corrected chi connectivity index (χ3v) is 2.87. The maximum absolute atomic E-state index is 9.72. The fourth-order valence-electron chi connectivity index (χ4n) is 1.89. The number of nitriles is 1.